The number of methoxy groups -OCH3 is 1. The van der Waals surface area contributed by atoms with E-state index in [1.807, 2.05) is 25.1 Å². The lowest BCUT2D eigenvalue weighted by molar-refractivity contribution is -0.129. The number of benzene rings is 1. The monoisotopic (exact) mass is 362 g/mol. The van der Waals surface area contributed by atoms with Gasteiger partial charge in [0.25, 0.3) is 0 Å². The van der Waals surface area contributed by atoms with Crippen LogP contribution in [0.15, 0.2) is 24.3 Å². The van der Waals surface area contributed by atoms with Crippen molar-refractivity contribution in [2.24, 2.45) is 0 Å². The third-order valence-corrected chi connectivity index (χ3v) is 4.49. The number of hydrogen-bond acceptors (Lipinski definition) is 5. The molecule has 1 aromatic rings. The fourth-order valence-electron chi connectivity index (χ4n) is 2.99. The average Bonchev–Trinajstić information content (AvgIpc) is 2.66. The van der Waals surface area contributed by atoms with Gasteiger partial charge < -0.3 is 20.3 Å². The maximum Gasteiger partial charge on any atom is 0.242 e. The van der Waals surface area contributed by atoms with Crippen LogP contribution in [-0.2, 0) is 9.59 Å². The van der Waals surface area contributed by atoms with Crippen LogP contribution in [-0.4, -0.2) is 69.1 Å². The molecule has 0 unspecified atom stereocenters. The molecule has 2 N–H and O–H groups in total. The zero-order chi connectivity index (χ0) is 18.9. The van der Waals surface area contributed by atoms with Gasteiger partial charge in [-0.3, -0.25) is 14.5 Å². The molecule has 26 heavy (non-hydrogen) atoms. The van der Waals surface area contributed by atoms with Crippen LogP contribution in [0.25, 0.3) is 0 Å². The predicted octanol–water partition coefficient (Wildman–Crippen LogP) is 0.848. The number of hydrogen-bond donors (Lipinski definition) is 2. The fourth-order valence-corrected chi connectivity index (χ4v) is 2.99. The summed E-state index contributed by atoms with van der Waals surface area (Å²) in [5.74, 6) is 0.613. The molecule has 1 atom stereocenters. The molecule has 0 aromatic heterocycles. The molecule has 2 amide bonds. The molecular formula is C19H30N4O3. The Bertz CT molecular complexity index is 600. The number of piperazine rings is 1. The first-order chi connectivity index (χ1) is 12.5. The standard InChI is InChI=1S/C19H30N4O3/c1-4-9-20-19(25)15(2)21-18(24)14-22-10-12-23(13-11-22)16-7-5-6-8-17(16)26-3/h5-8,15H,4,9-14H2,1-3H3,(H,20,25)(H,21,24)/t15-/m0/s1. The number of carbonyl (C=O) groups is 2. The van der Waals surface area contributed by atoms with Gasteiger partial charge in [0, 0.05) is 32.7 Å². The molecule has 0 bridgehead atoms. The van der Waals surface area contributed by atoms with Crippen molar-refractivity contribution in [2.75, 3.05) is 51.3 Å². The van der Waals surface area contributed by atoms with Crippen LogP contribution in [0.2, 0.25) is 0 Å². The maximum atomic E-state index is 12.2. The van der Waals surface area contributed by atoms with E-state index in [0.29, 0.717) is 13.1 Å². The first-order valence-electron chi connectivity index (χ1n) is 9.22. The van der Waals surface area contributed by atoms with Crippen molar-refractivity contribution in [3.8, 4) is 5.75 Å². The summed E-state index contributed by atoms with van der Waals surface area (Å²) in [6.07, 6.45) is 0.878. The second-order valence-electron chi connectivity index (χ2n) is 6.52. The largest absolute Gasteiger partial charge is 0.495 e. The second-order valence-corrected chi connectivity index (χ2v) is 6.52. The van der Waals surface area contributed by atoms with E-state index in [1.165, 1.54) is 0 Å². The molecule has 1 aliphatic rings. The van der Waals surface area contributed by atoms with E-state index in [4.69, 9.17) is 4.74 Å². The molecule has 1 aromatic carbocycles. The summed E-state index contributed by atoms with van der Waals surface area (Å²) in [7, 11) is 1.68. The smallest absolute Gasteiger partial charge is 0.242 e. The van der Waals surface area contributed by atoms with Gasteiger partial charge >= 0.3 is 0 Å². The number of para-hydroxylation sites is 2. The highest BCUT2D eigenvalue weighted by atomic mass is 16.5. The van der Waals surface area contributed by atoms with E-state index < -0.39 is 6.04 Å². The van der Waals surface area contributed by atoms with E-state index in [0.717, 1.165) is 44.0 Å². The third-order valence-electron chi connectivity index (χ3n) is 4.49. The van der Waals surface area contributed by atoms with Crippen LogP contribution in [0.4, 0.5) is 5.69 Å². The topological polar surface area (TPSA) is 73.9 Å². The predicted molar refractivity (Wildman–Crippen MR) is 103 cm³/mol. The van der Waals surface area contributed by atoms with Gasteiger partial charge in [-0.1, -0.05) is 19.1 Å². The van der Waals surface area contributed by atoms with Gasteiger partial charge in [0.15, 0.2) is 0 Å². The molecule has 1 saturated heterocycles. The lowest BCUT2D eigenvalue weighted by Gasteiger charge is -2.36. The summed E-state index contributed by atoms with van der Waals surface area (Å²) in [4.78, 5) is 28.4. The lowest BCUT2D eigenvalue weighted by atomic mass is 10.2. The molecule has 7 nitrogen and oxygen atoms in total. The SMILES string of the molecule is CCCNC(=O)[C@H](C)NC(=O)CN1CCN(c2ccccc2OC)CC1. The molecule has 144 valence electrons. The van der Waals surface area contributed by atoms with Crippen LogP contribution in [0.3, 0.4) is 0 Å². The Morgan fingerprint density at radius 1 is 1.19 bits per heavy atom. The van der Waals surface area contributed by atoms with Crippen molar-refractivity contribution < 1.29 is 14.3 Å². The third kappa shape index (κ3) is 5.62. The summed E-state index contributed by atoms with van der Waals surface area (Å²) in [6, 6.07) is 7.46. The van der Waals surface area contributed by atoms with E-state index in [9.17, 15) is 9.59 Å². The summed E-state index contributed by atoms with van der Waals surface area (Å²) in [5.41, 5.74) is 1.08. The Morgan fingerprint density at radius 2 is 1.88 bits per heavy atom. The number of ether oxygens (including phenoxy) is 1. The molecule has 0 radical (unpaired) electrons. The fraction of sp³-hybridized carbons (Fsp3) is 0.579. The molecule has 1 heterocycles. The van der Waals surface area contributed by atoms with E-state index in [-0.39, 0.29) is 11.8 Å². The quantitative estimate of drug-likeness (QED) is 0.717. The number of amides is 2. The lowest BCUT2D eigenvalue weighted by Crippen LogP contribution is -2.52. The Balaban J connectivity index is 1.77. The second kappa shape index (κ2) is 10.0. The molecule has 1 aliphatic heterocycles. The van der Waals surface area contributed by atoms with Gasteiger partial charge in [-0.15, -0.1) is 0 Å². The van der Waals surface area contributed by atoms with Gasteiger partial charge in [-0.2, -0.15) is 0 Å². The summed E-state index contributed by atoms with van der Waals surface area (Å²) in [5, 5.41) is 5.56. The van der Waals surface area contributed by atoms with Crippen LogP contribution >= 0.6 is 0 Å². The molecule has 2 rings (SSSR count). The molecule has 7 heteroatoms. The highest BCUT2D eigenvalue weighted by Crippen LogP contribution is 2.28. The van der Waals surface area contributed by atoms with Gasteiger partial charge in [0.2, 0.25) is 11.8 Å². The number of rotatable bonds is 8. The van der Waals surface area contributed by atoms with Crippen molar-refractivity contribution in [1.82, 2.24) is 15.5 Å². The minimum atomic E-state index is -0.510. The van der Waals surface area contributed by atoms with Crippen LogP contribution < -0.4 is 20.3 Å². The van der Waals surface area contributed by atoms with Crippen LogP contribution in [0, 0.1) is 0 Å². The summed E-state index contributed by atoms with van der Waals surface area (Å²) >= 11 is 0. The van der Waals surface area contributed by atoms with Crippen molar-refractivity contribution in [1.29, 1.82) is 0 Å². The van der Waals surface area contributed by atoms with Crippen molar-refractivity contribution in [3.63, 3.8) is 0 Å². The van der Waals surface area contributed by atoms with Gasteiger partial charge in [0.1, 0.15) is 11.8 Å². The maximum absolute atomic E-state index is 12.2. The van der Waals surface area contributed by atoms with Crippen molar-refractivity contribution in [2.45, 2.75) is 26.3 Å². The van der Waals surface area contributed by atoms with Crippen molar-refractivity contribution in [3.05, 3.63) is 24.3 Å². The minimum absolute atomic E-state index is 0.116. The molecule has 0 spiro atoms. The van der Waals surface area contributed by atoms with E-state index in [1.54, 1.807) is 14.0 Å². The molecule has 0 aliphatic carbocycles. The highest BCUT2D eigenvalue weighted by molar-refractivity contribution is 5.87. The average molecular weight is 362 g/mol. The Kier molecular flexibility index (Phi) is 7.72. The van der Waals surface area contributed by atoms with E-state index >= 15 is 0 Å². The first kappa shape index (κ1) is 20.0. The van der Waals surface area contributed by atoms with Gasteiger partial charge in [0.05, 0.1) is 19.3 Å². The zero-order valence-electron chi connectivity index (χ0n) is 16.0. The van der Waals surface area contributed by atoms with E-state index in [2.05, 4.69) is 26.5 Å². The minimum Gasteiger partial charge on any atom is -0.495 e. The van der Waals surface area contributed by atoms with Gasteiger partial charge in [-0.05, 0) is 25.5 Å². The molecular weight excluding hydrogens is 332 g/mol. The van der Waals surface area contributed by atoms with Crippen LogP contribution in [0.1, 0.15) is 20.3 Å². The Morgan fingerprint density at radius 3 is 2.54 bits per heavy atom. The summed E-state index contributed by atoms with van der Waals surface area (Å²) < 4.78 is 5.43. The molecule has 1 fully saturated rings. The Hall–Kier alpha value is -2.28. The first-order valence-corrected chi connectivity index (χ1v) is 9.22. The zero-order valence-corrected chi connectivity index (χ0v) is 16.0. The van der Waals surface area contributed by atoms with Crippen molar-refractivity contribution >= 4 is 17.5 Å². The number of nitrogens with one attached hydrogen (secondary N) is 2. The number of carbonyl (C=O) groups excluding carboxylic acids is 2. The highest BCUT2D eigenvalue weighted by Gasteiger charge is 2.22. The van der Waals surface area contributed by atoms with Gasteiger partial charge in [-0.25, -0.2) is 0 Å². The normalized spacial score (nSPS) is 16.0. The number of anilines is 1. The van der Waals surface area contributed by atoms with Crippen LogP contribution in [0.5, 0.6) is 5.75 Å². The number of nitrogens with zero attached hydrogens (tertiary/aromatic N) is 2. The Labute approximate surface area is 155 Å². The molecule has 0 saturated carbocycles. The summed E-state index contributed by atoms with van der Waals surface area (Å²) in [6.45, 7) is 7.90.